The van der Waals surface area contributed by atoms with Gasteiger partial charge >= 0.3 is 5.97 Å². The number of hydrogen-bond acceptors (Lipinski definition) is 8. The molecule has 2 aromatic carbocycles. The number of benzene rings is 2. The molecular formula is C27H34N6O3. The number of ether oxygens (including phenoxy) is 1. The minimum absolute atomic E-state index is 0.316. The second kappa shape index (κ2) is 13.4. The Bertz CT molecular complexity index is 1090. The Kier molecular flexibility index (Phi) is 10.6. The lowest BCUT2D eigenvalue weighted by Gasteiger charge is -2.28. The first kappa shape index (κ1) is 28.5. The van der Waals surface area contributed by atoms with E-state index in [4.69, 9.17) is 21.1 Å². The van der Waals surface area contributed by atoms with Gasteiger partial charge in [-0.25, -0.2) is 10.6 Å². The standard InChI is InChI=1S/C14H15NO2.C13H15N3O.H4N2/c1-9-6-12(10-4-3-5-10)13(14(16)17-2)7-11(9)8-15;1-8-5-11(9-3-2-4-9)12(13(17)16-15)6-10(8)7-14;1-2/h6-7,10H,3-5H2,1-2H3;5-6,9H,2-4,15H2,1H3,(H,16,17);1-2H2. The third-order valence-corrected chi connectivity index (χ3v) is 6.90. The van der Waals surface area contributed by atoms with Crippen molar-refractivity contribution in [3.05, 3.63) is 68.8 Å². The second-order valence-corrected chi connectivity index (χ2v) is 8.95. The highest BCUT2D eigenvalue weighted by molar-refractivity contribution is 5.96. The number of rotatable bonds is 4. The maximum Gasteiger partial charge on any atom is 0.338 e. The molecule has 0 bridgehead atoms. The van der Waals surface area contributed by atoms with Crippen LogP contribution in [0.2, 0.25) is 0 Å². The fourth-order valence-corrected chi connectivity index (χ4v) is 4.38. The molecule has 36 heavy (non-hydrogen) atoms. The molecule has 0 aromatic heterocycles. The van der Waals surface area contributed by atoms with E-state index in [2.05, 4.69) is 29.2 Å². The number of aryl methyl sites for hydroxylation is 2. The van der Waals surface area contributed by atoms with Crippen molar-refractivity contribution in [2.24, 2.45) is 17.5 Å². The van der Waals surface area contributed by atoms with Crippen LogP contribution in [0.1, 0.15) is 104 Å². The van der Waals surface area contributed by atoms with Gasteiger partial charge < -0.3 is 4.74 Å². The molecule has 190 valence electrons. The Morgan fingerprint density at radius 1 is 0.861 bits per heavy atom. The Labute approximate surface area is 212 Å². The number of nitrogens with two attached hydrogens (primary N) is 3. The van der Waals surface area contributed by atoms with Gasteiger partial charge in [0, 0.05) is 5.56 Å². The number of nitriles is 2. The second-order valence-electron chi connectivity index (χ2n) is 8.95. The molecule has 9 heteroatoms. The van der Waals surface area contributed by atoms with Gasteiger partial charge in [0.15, 0.2) is 0 Å². The lowest BCUT2D eigenvalue weighted by Crippen LogP contribution is -2.31. The van der Waals surface area contributed by atoms with Gasteiger partial charge in [-0.3, -0.25) is 21.9 Å². The van der Waals surface area contributed by atoms with Gasteiger partial charge in [0.05, 0.1) is 35.9 Å². The third-order valence-electron chi connectivity index (χ3n) is 6.90. The predicted molar refractivity (Wildman–Crippen MR) is 136 cm³/mol. The summed E-state index contributed by atoms with van der Waals surface area (Å²) in [6.45, 7) is 3.80. The highest BCUT2D eigenvalue weighted by Gasteiger charge is 2.26. The van der Waals surface area contributed by atoms with Gasteiger partial charge in [-0.2, -0.15) is 10.5 Å². The van der Waals surface area contributed by atoms with Crippen molar-refractivity contribution in [1.82, 2.24) is 5.43 Å². The minimum Gasteiger partial charge on any atom is -0.465 e. The summed E-state index contributed by atoms with van der Waals surface area (Å²) in [5, 5.41) is 18.0. The number of methoxy groups -OCH3 is 1. The molecule has 2 aromatic rings. The third kappa shape index (κ3) is 6.27. The highest BCUT2D eigenvalue weighted by atomic mass is 16.5. The molecule has 2 fully saturated rings. The summed E-state index contributed by atoms with van der Waals surface area (Å²) in [5.74, 6) is 13.4. The maximum atomic E-state index is 11.7. The summed E-state index contributed by atoms with van der Waals surface area (Å²) in [6, 6.07) is 11.4. The van der Waals surface area contributed by atoms with Crippen molar-refractivity contribution in [3.8, 4) is 12.1 Å². The molecule has 9 nitrogen and oxygen atoms in total. The number of nitrogens with zero attached hydrogens (tertiary/aromatic N) is 2. The van der Waals surface area contributed by atoms with E-state index < -0.39 is 0 Å². The van der Waals surface area contributed by atoms with Gasteiger partial charge in [0.1, 0.15) is 0 Å². The van der Waals surface area contributed by atoms with Crippen LogP contribution < -0.4 is 23.0 Å². The molecule has 0 radical (unpaired) electrons. The van der Waals surface area contributed by atoms with Crippen LogP contribution in [0.4, 0.5) is 0 Å². The first-order chi connectivity index (χ1) is 17.3. The van der Waals surface area contributed by atoms with E-state index in [0.29, 0.717) is 34.1 Å². The van der Waals surface area contributed by atoms with Crippen molar-refractivity contribution in [3.63, 3.8) is 0 Å². The summed E-state index contributed by atoms with van der Waals surface area (Å²) in [7, 11) is 1.37. The van der Waals surface area contributed by atoms with Crippen LogP contribution in [0, 0.1) is 36.5 Å². The topological polar surface area (TPSA) is 181 Å². The molecule has 2 saturated carbocycles. The smallest absolute Gasteiger partial charge is 0.338 e. The number of nitrogens with one attached hydrogen (secondary N) is 1. The molecule has 4 rings (SSSR count). The molecule has 0 atom stereocenters. The van der Waals surface area contributed by atoms with E-state index in [-0.39, 0.29) is 11.9 Å². The Morgan fingerprint density at radius 2 is 1.28 bits per heavy atom. The van der Waals surface area contributed by atoms with Crippen molar-refractivity contribution in [2.75, 3.05) is 7.11 Å². The van der Waals surface area contributed by atoms with E-state index in [1.54, 1.807) is 12.1 Å². The molecule has 2 aliphatic carbocycles. The molecule has 1 amide bonds. The maximum absolute atomic E-state index is 11.7. The zero-order chi connectivity index (χ0) is 26.8. The molecule has 0 unspecified atom stereocenters. The van der Waals surface area contributed by atoms with Crippen molar-refractivity contribution < 1.29 is 14.3 Å². The summed E-state index contributed by atoms with van der Waals surface area (Å²) < 4.78 is 4.79. The van der Waals surface area contributed by atoms with E-state index in [1.807, 2.05) is 26.0 Å². The number of nitrogen functional groups attached to an aromatic ring is 1. The number of hydrazine groups is 2. The average Bonchev–Trinajstić information content (AvgIpc) is 2.83. The number of hydrogen-bond donors (Lipinski definition) is 4. The SMILES string of the molecule is COC(=O)c1cc(C#N)c(C)cc1C1CCC1.Cc1cc(C2CCC2)c(C(=O)NN)cc1C#N.NN. The van der Waals surface area contributed by atoms with Crippen molar-refractivity contribution in [2.45, 2.75) is 64.2 Å². The first-order valence-electron chi connectivity index (χ1n) is 11.9. The number of amides is 1. The molecular weight excluding hydrogens is 456 g/mol. The summed E-state index contributed by atoms with van der Waals surface area (Å²) in [5.41, 5.74) is 8.24. The van der Waals surface area contributed by atoms with Crippen LogP contribution >= 0.6 is 0 Å². The number of carbonyl (C=O) groups is 2. The highest BCUT2D eigenvalue weighted by Crippen LogP contribution is 2.40. The lowest BCUT2D eigenvalue weighted by molar-refractivity contribution is 0.0598. The fourth-order valence-electron chi connectivity index (χ4n) is 4.38. The zero-order valence-electron chi connectivity index (χ0n) is 21.1. The number of esters is 1. The molecule has 0 heterocycles. The summed E-state index contributed by atoms with van der Waals surface area (Å²) in [4.78, 5) is 23.4. The van der Waals surface area contributed by atoms with Gasteiger partial charge in [-0.1, -0.05) is 25.0 Å². The van der Waals surface area contributed by atoms with Crippen LogP contribution in [0.3, 0.4) is 0 Å². The van der Waals surface area contributed by atoms with Gasteiger partial charge in [0.2, 0.25) is 0 Å². The number of carbonyl (C=O) groups excluding carboxylic acids is 2. The largest absolute Gasteiger partial charge is 0.465 e. The lowest BCUT2D eigenvalue weighted by atomic mass is 9.77. The van der Waals surface area contributed by atoms with Crippen molar-refractivity contribution >= 4 is 11.9 Å². The van der Waals surface area contributed by atoms with Gasteiger partial charge in [-0.05, 0) is 85.8 Å². The van der Waals surface area contributed by atoms with Crippen molar-refractivity contribution in [1.29, 1.82) is 10.5 Å². The van der Waals surface area contributed by atoms with E-state index in [9.17, 15) is 9.59 Å². The van der Waals surface area contributed by atoms with Crippen LogP contribution in [0.15, 0.2) is 24.3 Å². The van der Waals surface area contributed by atoms with Crippen LogP contribution in [-0.4, -0.2) is 19.0 Å². The van der Waals surface area contributed by atoms with E-state index in [1.165, 1.54) is 20.0 Å². The summed E-state index contributed by atoms with van der Waals surface area (Å²) in [6.07, 6.45) is 6.87. The van der Waals surface area contributed by atoms with Crippen LogP contribution in [-0.2, 0) is 4.74 Å². The van der Waals surface area contributed by atoms with E-state index in [0.717, 1.165) is 47.9 Å². The van der Waals surface area contributed by atoms with Crippen LogP contribution in [0.5, 0.6) is 0 Å². The minimum atomic E-state index is -0.344. The zero-order valence-corrected chi connectivity index (χ0v) is 21.1. The fraction of sp³-hybridized carbons (Fsp3) is 0.407. The Morgan fingerprint density at radius 3 is 1.61 bits per heavy atom. The average molecular weight is 491 g/mol. The summed E-state index contributed by atoms with van der Waals surface area (Å²) >= 11 is 0. The molecule has 2 aliphatic rings. The van der Waals surface area contributed by atoms with Gasteiger partial charge in [-0.15, -0.1) is 0 Å². The molecule has 7 N–H and O–H groups in total. The Balaban J connectivity index is 0.000000237. The predicted octanol–water partition coefficient (Wildman–Crippen LogP) is 3.48. The normalized spacial score (nSPS) is 14.2. The monoisotopic (exact) mass is 490 g/mol. The van der Waals surface area contributed by atoms with Gasteiger partial charge in [0.25, 0.3) is 5.91 Å². The molecule has 0 spiro atoms. The quantitative estimate of drug-likeness (QED) is 0.217. The van der Waals surface area contributed by atoms with E-state index >= 15 is 0 Å². The molecule has 0 aliphatic heterocycles. The van der Waals surface area contributed by atoms with Crippen LogP contribution in [0.25, 0.3) is 0 Å². The molecule has 0 saturated heterocycles. The first-order valence-corrected chi connectivity index (χ1v) is 11.9. The Hall–Kier alpha value is -3.76.